The predicted molar refractivity (Wildman–Crippen MR) is 56.5 cm³/mol. The van der Waals surface area contributed by atoms with Crippen LogP contribution >= 0.6 is 0 Å². The fourth-order valence-electron chi connectivity index (χ4n) is 1.27. The van der Waals surface area contributed by atoms with E-state index < -0.39 is 11.4 Å². The summed E-state index contributed by atoms with van der Waals surface area (Å²) in [6.07, 6.45) is 0.444. The van der Waals surface area contributed by atoms with E-state index in [4.69, 9.17) is 0 Å². The van der Waals surface area contributed by atoms with E-state index in [-0.39, 0.29) is 6.42 Å². The second-order valence-electron chi connectivity index (χ2n) is 4.02. The van der Waals surface area contributed by atoms with Crippen LogP contribution in [0.5, 0.6) is 0 Å². The smallest absolute Gasteiger partial charge is 0.199 e. The molecule has 1 rings (SSSR count). The summed E-state index contributed by atoms with van der Waals surface area (Å²) in [5.41, 5.74) is 0.678. The van der Waals surface area contributed by atoms with Crippen LogP contribution in [0, 0.1) is 0 Å². The molecule has 3 nitrogen and oxygen atoms in total. The van der Waals surface area contributed by atoms with Crippen LogP contribution in [0.15, 0.2) is 24.3 Å². The predicted octanol–water partition coefficient (Wildman–Crippen LogP) is 1.22. The first-order chi connectivity index (χ1) is 6.93. The minimum Gasteiger partial charge on any atom is -0.386 e. The Labute approximate surface area is 88.7 Å². The van der Waals surface area contributed by atoms with Crippen LogP contribution in [-0.2, 0) is 21.6 Å². The SMILES string of the molecule is CC(C)(O)c1ccc(CC(=O)C=O)cc1. The number of rotatable bonds is 4. The quantitative estimate of drug-likeness (QED) is 0.595. The molecule has 3 heteroatoms. The summed E-state index contributed by atoms with van der Waals surface area (Å²) in [4.78, 5) is 21.0. The van der Waals surface area contributed by atoms with E-state index in [1.165, 1.54) is 0 Å². The molecule has 0 saturated heterocycles. The van der Waals surface area contributed by atoms with Crippen molar-refractivity contribution in [1.82, 2.24) is 0 Å². The summed E-state index contributed by atoms with van der Waals surface area (Å²) in [6, 6.07) is 7.00. The molecule has 0 aliphatic rings. The summed E-state index contributed by atoms with van der Waals surface area (Å²) < 4.78 is 0. The first-order valence-electron chi connectivity index (χ1n) is 4.73. The molecule has 15 heavy (non-hydrogen) atoms. The number of ketones is 1. The molecule has 0 spiro atoms. The largest absolute Gasteiger partial charge is 0.386 e. The van der Waals surface area contributed by atoms with Crippen molar-refractivity contribution in [3.63, 3.8) is 0 Å². The third kappa shape index (κ3) is 3.29. The van der Waals surface area contributed by atoms with Crippen LogP contribution < -0.4 is 0 Å². The molecule has 0 amide bonds. The van der Waals surface area contributed by atoms with Crippen molar-refractivity contribution in [2.45, 2.75) is 25.9 Å². The van der Waals surface area contributed by atoms with Gasteiger partial charge in [-0.25, -0.2) is 0 Å². The number of benzene rings is 1. The number of carbonyl (C=O) groups excluding carboxylic acids is 2. The van der Waals surface area contributed by atoms with Gasteiger partial charge in [-0.1, -0.05) is 24.3 Å². The highest BCUT2D eigenvalue weighted by Crippen LogP contribution is 2.19. The zero-order valence-electron chi connectivity index (χ0n) is 8.86. The van der Waals surface area contributed by atoms with E-state index in [0.29, 0.717) is 6.29 Å². The number of aliphatic hydroxyl groups is 1. The van der Waals surface area contributed by atoms with Gasteiger partial charge in [-0.3, -0.25) is 9.59 Å². The van der Waals surface area contributed by atoms with Gasteiger partial charge >= 0.3 is 0 Å². The summed E-state index contributed by atoms with van der Waals surface area (Å²) in [6.45, 7) is 3.39. The third-order valence-corrected chi connectivity index (χ3v) is 2.17. The zero-order chi connectivity index (χ0) is 11.5. The van der Waals surface area contributed by atoms with Gasteiger partial charge in [0.05, 0.1) is 5.60 Å². The van der Waals surface area contributed by atoms with Crippen molar-refractivity contribution in [3.8, 4) is 0 Å². The average Bonchev–Trinajstić information content (AvgIpc) is 2.17. The second-order valence-corrected chi connectivity index (χ2v) is 4.02. The highest BCUT2D eigenvalue weighted by molar-refractivity contribution is 6.25. The Kier molecular flexibility index (Phi) is 3.37. The lowest BCUT2D eigenvalue weighted by Gasteiger charge is -2.17. The lowest BCUT2D eigenvalue weighted by Crippen LogP contribution is -2.15. The van der Waals surface area contributed by atoms with Gasteiger partial charge in [0, 0.05) is 6.42 Å². The van der Waals surface area contributed by atoms with Gasteiger partial charge in [0.15, 0.2) is 12.1 Å². The number of hydrogen-bond donors (Lipinski definition) is 1. The van der Waals surface area contributed by atoms with Crippen molar-refractivity contribution < 1.29 is 14.7 Å². The number of Topliss-reactive ketones (excluding diaryl/α,β-unsaturated/α-hetero) is 1. The maximum atomic E-state index is 10.8. The average molecular weight is 206 g/mol. The van der Waals surface area contributed by atoms with Crippen LogP contribution in [0.2, 0.25) is 0 Å². The maximum absolute atomic E-state index is 10.8. The van der Waals surface area contributed by atoms with Crippen LogP contribution in [0.25, 0.3) is 0 Å². The van der Waals surface area contributed by atoms with Crippen LogP contribution in [0.4, 0.5) is 0 Å². The molecule has 0 aromatic heterocycles. The summed E-state index contributed by atoms with van der Waals surface area (Å²) in [5.74, 6) is -0.439. The van der Waals surface area contributed by atoms with E-state index in [1.54, 1.807) is 38.1 Å². The van der Waals surface area contributed by atoms with Gasteiger partial charge in [-0.15, -0.1) is 0 Å². The third-order valence-electron chi connectivity index (χ3n) is 2.17. The summed E-state index contributed by atoms with van der Waals surface area (Å²) in [7, 11) is 0. The van der Waals surface area contributed by atoms with Gasteiger partial charge < -0.3 is 5.11 Å². The Morgan fingerprint density at radius 2 is 1.87 bits per heavy atom. The Morgan fingerprint density at radius 3 is 2.27 bits per heavy atom. The number of aldehydes is 1. The maximum Gasteiger partial charge on any atom is 0.199 e. The molecule has 1 aromatic carbocycles. The first kappa shape index (κ1) is 11.6. The van der Waals surface area contributed by atoms with Crippen molar-refractivity contribution in [2.75, 3.05) is 0 Å². The molecule has 1 aromatic rings. The van der Waals surface area contributed by atoms with Gasteiger partial charge in [-0.05, 0) is 25.0 Å². The topological polar surface area (TPSA) is 54.4 Å². The number of carbonyl (C=O) groups is 2. The monoisotopic (exact) mass is 206 g/mol. The Bertz CT molecular complexity index is 357. The van der Waals surface area contributed by atoms with Crippen molar-refractivity contribution in [1.29, 1.82) is 0 Å². The fourth-order valence-corrected chi connectivity index (χ4v) is 1.27. The van der Waals surface area contributed by atoms with E-state index in [2.05, 4.69) is 0 Å². The fraction of sp³-hybridized carbons (Fsp3) is 0.333. The molecule has 80 valence electrons. The van der Waals surface area contributed by atoms with Crippen LogP contribution in [0.1, 0.15) is 25.0 Å². The molecule has 0 aliphatic heterocycles. The molecule has 0 aliphatic carbocycles. The van der Waals surface area contributed by atoms with Crippen LogP contribution in [0.3, 0.4) is 0 Å². The summed E-state index contributed by atoms with van der Waals surface area (Å²) in [5, 5.41) is 9.68. The normalized spacial score (nSPS) is 11.1. The molecule has 1 N–H and O–H groups in total. The van der Waals surface area contributed by atoms with Crippen molar-refractivity contribution >= 4 is 12.1 Å². The Hall–Kier alpha value is -1.48. The lowest BCUT2D eigenvalue weighted by molar-refractivity contribution is -0.129. The standard InChI is InChI=1S/C12H14O3/c1-12(2,15)10-5-3-9(4-6-10)7-11(14)8-13/h3-6,8,15H,7H2,1-2H3. The van der Waals surface area contributed by atoms with Gasteiger partial charge in [0.25, 0.3) is 0 Å². The van der Waals surface area contributed by atoms with E-state index in [9.17, 15) is 14.7 Å². The molecule has 0 unspecified atom stereocenters. The molecule has 0 atom stereocenters. The minimum atomic E-state index is -0.882. The molecular weight excluding hydrogens is 192 g/mol. The molecule has 0 radical (unpaired) electrons. The number of hydrogen-bond acceptors (Lipinski definition) is 3. The minimum absolute atomic E-state index is 0.121. The molecule has 0 heterocycles. The van der Waals surface area contributed by atoms with Crippen LogP contribution in [-0.4, -0.2) is 17.2 Å². The lowest BCUT2D eigenvalue weighted by atomic mass is 9.96. The second kappa shape index (κ2) is 4.36. The summed E-state index contributed by atoms with van der Waals surface area (Å²) >= 11 is 0. The van der Waals surface area contributed by atoms with Gasteiger partial charge in [-0.2, -0.15) is 0 Å². The van der Waals surface area contributed by atoms with E-state index in [1.807, 2.05) is 0 Å². The molecule has 0 saturated carbocycles. The highest BCUT2D eigenvalue weighted by atomic mass is 16.3. The van der Waals surface area contributed by atoms with E-state index >= 15 is 0 Å². The first-order valence-corrected chi connectivity index (χ1v) is 4.73. The van der Waals surface area contributed by atoms with Gasteiger partial charge in [0.2, 0.25) is 0 Å². The van der Waals surface area contributed by atoms with E-state index in [0.717, 1.165) is 11.1 Å². The van der Waals surface area contributed by atoms with Crippen molar-refractivity contribution in [3.05, 3.63) is 35.4 Å². The molecular formula is C12H14O3. The Morgan fingerprint density at radius 1 is 1.33 bits per heavy atom. The zero-order valence-corrected chi connectivity index (χ0v) is 8.86. The highest BCUT2D eigenvalue weighted by Gasteiger charge is 2.15. The molecule has 0 bridgehead atoms. The van der Waals surface area contributed by atoms with Crippen molar-refractivity contribution in [2.24, 2.45) is 0 Å². The Balaban J connectivity index is 2.81. The molecule has 0 fully saturated rings. The van der Waals surface area contributed by atoms with Gasteiger partial charge in [0.1, 0.15) is 0 Å².